The topological polar surface area (TPSA) is 29.1 Å². The first kappa shape index (κ1) is 19.1. The minimum absolute atomic E-state index is 0.676. The van der Waals surface area contributed by atoms with Gasteiger partial charge in [-0.1, -0.05) is 54.4 Å². The van der Waals surface area contributed by atoms with Crippen LogP contribution in [0.1, 0.15) is 60.8 Å². The van der Waals surface area contributed by atoms with Crippen LogP contribution in [-0.4, -0.2) is 13.0 Å². The van der Waals surface area contributed by atoms with E-state index in [4.69, 9.17) is 0 Å². The molecule has 14 heavy (non-hydrogen) atoms. The molecule has 0 rings (SSSR count). The first-order valence-corrected chi connectivity index (χ1v) is 6.02. The Morgan fingerprint density at radius 3 is 1.93 bits per heavy atom. The highest BCUT2D eigenvalue weighted by molar-refractivity contribution is 5.45. The van der Waals surface area contributed by atoms with E-state index >= 15 is 0 Å². The van der Waals surface area contributed by atoms with E-state index in [1.807, 2.05) is 27.7 Å². The largest absolute Gasteiger partial charge is 0.358 e. The lowest BCUT2D eigenvalue weighted by atomic mass is 10.0. The van der Waals surface area contributed by atoms with Gasteiger partial charge in [0.1, 0.15) is 0 Å². The first-order valence-electron chi connectivity index (χ1n) is 6.02. The monoisotopic (exact) mass is 203 g/mol. The van der Waals surface area contributed by atoms with Crippen molar-refractivity contribution in [3.63, 3.8) is 0 Å². The van der Waals surface area contributed by atoms with Crippen molar-refractivity contribution in [1.82, 2.24) is 5.32 Å². The van der Waals surface area contributed by atoms with Crippen LogP contribution in [0.4, 0.5) is 0 Å². The maximum absolute atomic E-state index is 9.92. The molecule has 0 aromatic heterocycles. The third-order valence-corrected chi connectivity index (χ3v) is 1.76. The molecule has 0 bridgehead atoms. The summed E-state index contributed by atoms with van der Waals surface area (Å²) in [6.07, 6.45) is 4.36. The molecule has 1 amide bonds. The zero-order valence-electron chi connectivity index (χ0n) is 10.9. The number of carbonyl (C=O) groups is 1. The van der Waals surface area contributed by atoms with Gasteiger partial charge < -0.3 is 5.32 Å². The molecule has 0 radical (unpaired) electrons. The second-order valence-corrected chi connectivity index (χ2v) is 2.59. The van der Waals surface area contributed by atoms with Crippen molar-refractivity contribution in [3.05, 3.63) is 0 Å². The quantitative estimate of drug-likeness (QED) is 0.656. The highest BCUT2D eigenvalue weighted by atomic mass is 16.1. The van der Waals surface area contributed by atoms with Gasteiger partial charge in [-0.05, 0) is 12.3 Å². The zero-order valence-corrected chi connectivity index (χ0v) is 10.9. The van der Waals surface area contributed by atoms with Crippen molar-refractivity contribution >= 4 is 6.41 Å². The van der Waals surface area contributed by atoms with Gasteiger partial charge in [-0.3, -0.25) is 4.79 Å². The summed E-state index contributed by atoms with van der Waals surface area (Å²) < 4.78 is 0. The van der Waals surface area contributed by atoms with Gasteiger partial charge in [0.05, 0.1) is 0 Å². The molecular weight excluding hydrogens is 174 g/mol. The van der Waals surface area contributed by atoms with E-state index in [0.717, 1.165) is 19.4 Å². The Labute approximate surface area is 90.5 Å². The average Bonchev–Trinajstić information content (AvgIpc) is 2.29. The average molecular weight is 203 g/mol. The molecule has 1 unspecified atom stereocenters. The summed E-state index contributed by atoms with van der Waals surface area (Å²) in [6.45, 7) is 13.2. The molecule has 0 aliphatic heterocycles. The van der Waals surface area contributed by atoms with Crippen molar-refractivity contribution < 1.29 is 4.79 Å². The van der Waals surface area contributed by atoms with Crippen LogP contribution in [-0.2, 0) is 4.79 Å². The number of amides is 1. The highest BCUT2D eigenvalue weighted by Gasteiger charge is 2.02. The maximum Gasteiger partial charge on any atom is 0.207 e. The van der Waals surface area contributed by atoms with Crippen LogP contribution in [0.3, 0.4) is 0 Å². The summed E-state index contributed by atoms with van der Waals surface area (Å²) in [5.74, 6) is 0.676. The minimum atomic E-state index is 0.676. The number of hydrogen-bond acceptors (Lipinski definition) is 1. The molecule has 0 aliphatic rings. The van der Waals surface area contributed by atoms with Gasteiger partial charge in [0.2, 0.25) is 6.41 Å². The molecule has 0 aliphatic carbocycles. The number of rotatable bonds is 6. The van der Waals surface area contributed by atoms with E-state index in [-0.39, 0.29) is 0 Å². The molecule has 0 fully saturated rings. The van der Waals surface area contributed by atoms with Gasteiger partial charge >= 0.3 is 0 Å². The Bertz CT molecular complexity index is 84.4. The van der Waals surface area contributed by atoms with E-state index in [1.54, 1.807) is 0 Å². The predicted molar refractivity (Wildman–Crippen MR) is 65.5 cm³/mol. The van der Waals surface area contributed by atoms with Crippen LogP contribution in [0.2, 0.25) is 0 Å². The van der Waals surface area contributed by atoms with Crippen molar-refractivity contribution in [2.45, 2.75) is 60.8 Å². The summed E-state index contributed by atoms with van der Waals surface area (Å²) in [6, 6.07) is 0. The number of nitrogens with one attached hydrogen (secondary N) is 1. The van der Waals surface area contributed by atoms with Gasteiger partial charge in [-0.2, -0.15) is 0 Å². The number of carbonyl (C=O) groups excluding carboxylic acids is 1. The Morgan fingerprint density at radius 1 is 1.14 bits per heavy atom. The summed E-state index contributed by atoms with van der Waals surface area (Å²) in [5, 5.41) is 2.70. The van der Waals surface area contributed by atoms with E-state index in [2.05, 4.69) is 19.2 Å². The van der Waals surface area contributed by atoms with Crippen LogP contribution >= 0.6 is 0 Å². The van der Waals surface area contributed by atoms with Crippen molar-refractivity contribution in [3.8, 4) is 0 Å². The van der Waals surface area contributed by atoms with Crippen LogP contribution < -0.4 is 5.32 Å². The molecule has 0 spiro atoms. The van der Waals surface area contributed by atoms with Crippen LogP contribution in [0, 0.1) is 5.92 Å². The second-order valence-electron chi connectivity index (χ2n) is 2.59. The van der Waals surface area contributed by atoms with Gasteiger partial charge in [-0.15, -0.1) is 0 Å². The molecule has 0 saturated heterocycles. The van der Waals surface area contributed by atoms with Crippen molar-refractivity contribution in [2.24, 2.45) is 5.92 Å². The standard InChI is InChI=1S/C8H17NO.2C2H6/c1-3-5-8(4-2)6-9-7-10;2*1-2/h7-8H,3-6H2,1-2H3,(H,9,10);2*1-2H3. The summed E-state index contributed by atoms with van der Waals surface area (Å²) in [7, 11) is 0. The van der Waals surface area contributed by atoms with E-state index < -0.39 is 0 Å². The Kier molecular flexibility index (Phi) is 31.2. The molecule has 0 aromatic rings. The van der Waals surface area contributed by atoms with E-state index in [9.17, 15) is 4.79 Å². The van der Waals surface area contributed by atoms with Gasteiger partial charge in [-0.25, -0.2) is 0 Å². The van der Waals surface area contributed by atoms with Crippen molar-refractivity contribution in [1.29, 1.82) is 0 Å². The van der Waals surface area contributed by atoms with Gasteiger partial charge in [0.15, 0.2) is 0 Å². The third kappa shape index (κ3) is 17.5. The fourth-order valence-corrected chi connectivity index (χ4v) is 1.07. The summed E-state index contributed by atoms with van der Waals surface area (Å²) >= 11 is 0. The second kappa shape index (κ2) is 22.9. The smallest absolute Gasteiger partial charge is 0.207 e. The molecule has 0 saturated carbocycles. The molecule has 0 aromatic carbocycles. The molecule has 1 N–H and O–H groups in total. The molecule has 1 atom stereocenters. The predicted octanol–water partition coefficient (Wildman–Crippen LogP) is 3.61. The highest BCUT2D eigenvalue weighted by Crippen LogP contribution is 2.08. The fourth-order valence-electron chi connectivity index (χ4n) is 1.07. The third-order valence-electron chi connectivity index (χ3n) is 1.76. The molecule has 88 valence electrons. The first-order chi connectivity index (χ1) is 6.85. The van der Waals surface area contributed by atoms with Crippen LogP contribution in [0.25, 0.3) is 0 Å². The normalized spacial score (nSPS) is 9.86. The summed E-state index contributed by atoms with van der Waals surface area (Å²) in [5.41, 5.74) is 0. The van der Waals surface area contributed by atoms with Gasteiger partial charge in [0, 0.05) is 6.54 Å². The lowest BCUT2D eigenvalue weighted by molar-refractivity contribution is -0.109. The Balaban J connectivity index is -0.000000266. The van der Waals surface area contributed by atoms with E-state index in [0.29, 0.717) is 5.92 Å². The maximum atomic E-state index is 9.92. The van der Waals surface area contributed by atoms with Gasteiger partial charge in [0.25, 0.3) is 0 Å². The molecular formula is C12H29NO. The SMILES string of the molecule is CC.CC.CCCC(CC)CNC=O. The van der Waals surface area contributed by atoms with Crippen LogP contribution in [0.15, 0.2) is 0 Å². The minimum Gasteiger partial charge on any atom is -0.358 e. The van der Waals surface area contributed by atoms with Crippen molar-refractivity contribution in [2.75, 3.05) is 6.54 Å². The Hall–Kier alpha value is -0.530. The van der Waals surface area contributed by atoms with E-state index in [1.165, 1.54) is 12.8 Å². The lowest BCUT2D eigenvalue weighted by Gasteiger charge is -2.11. The molecule has 2 nitrogen and oxygen atoms in total. The van der Waals surface area contributed by atoms with Crippen LogP contribution in [0.5, 0.6) is 0 Å². The fraction of sp³-hybridized carbons (Fsp3) is 0.917. The molecule has 0 heterocycles. The molecule has 2 heteroatoms. The Morgan fingerprint density at radius 2 is 1.64 bits per heavy atom. The lowest BCUT2D eigenvalue weighted by Crippen LogP contribution is -2.20. The zero-order chi connectivity index (χ0) is 11.8. The summed E-state index contributed by atoms with van der Waals surface area (Å²) in [4.78, 5) is 9.92. The number of hydrogen-bond donors (Lipinski definition) is 1.